The molecule has 3 aromatic rings. The van der Waals surface area contributed by atoms with Gasteiger partial charge in [0.05, 0.1) is 0 Å². The van der Waals surface area contributed by atoms with E-state index in [1.165, 1.54) is 0 Å². The first-order valence-corrected chi connectivity index (χ1v) is 9.16. The lowest BCUT2D eigenvalue weighted by Crippen LogP contribution is -2.49. The lowest BCUT2D eigenvalue weighted by Gasteiger charge is -2.35. The maximum Gasteiger partial charge on any atom is 0.242 e. The van der Waals surface area contributed by atoms with Crippen molar-refractivity contribution in [3.63, 3.8) is 0 Å². The van der Waals surface area contributed by atoms with Gasteiger partial charge in [0.2, 0.25) is 5.91 Å². The third kappa shape index (κ3) is 3.43. The molecule has 0 radical (unpaired) electrons. The summed E-state index contributed by atoms with van der Waals surface area (Å²) in [6.07, 6.45) is 3.59. The second-order valence-electron chi connectivity index (χ2n) is 6.80. The van der Waals surface area contributed by atoms with Crippen molar-refractivity contribution in [2.75, 3.05) is 31.1 Å². The van der Waals surface area contributed by atoms with Gasteiger partial charge < -0.3 is 14.4 Å². The number of nitrogens with zero attached hydrogens (tertiary/aromatic N) is 4. The molecule has 1 aromatic carbocycles. The van der Waals surface area contributed by atoms with Crippen LogP contribution >= 0.6 is 0 Å². The van der Waals surface area contributed by atoms with E-state index in [0.717, 1.165) is 29.8 Å². The van der Waals surface area contributed by atoms with Gasteiger partial charge in [-0.1, -0.05) is 24.3 Å². The molecule has 0 N–H and O–H groups in total. The lowest BCUT2D eigenvalue weighted by atomic mass is 10.1. The Hall–Kier alpha value is -3.15. The summed E-state index contributed by atoms with van der Waals surface area (Å²) in [5, 5.41) is 0.901. The number of hydrogen-bond acceptors (Lipinski definition) is 4. The highest BCUT2D eigenvalue weighted by Gasteiger charge is 2.23. The van der Waals surface area contributed by atoms with E-state index in [4.69, 9.17) is 0 Å². The zero-order chi connectivity index (χ0) is 18.8. The molecule has 0 unspecified atom stereocenters. The number of amides is 1. The molecule has 6 nitrogen and oxygen atoms in total. The average Bonchev–Trinajstić information content (AvgIpc) is 3.08. The molecular weight excluding hydrogens is 340 g/mol. The standard InChI is InChI=1S/C21H22N4O2/c1-16(26)18-14-25(19-7-3-2-6-17(18)19)15-21(27)24-12-10-23(11-13-24)20-8-4-5-9-22-20/h2-9,14H,10-13,15H2,1H3. The topological polar surface area (TPSA) is 58.4 Å². The van der Waals surface area contributed by atoms with Crippen molar-refractivity contribution in [2.45, 2.75) is 13.5 Å². The van der Waals surface area contributed by atoms with Gasteiger partial charge in [-0.25, -0.2) is 4.98 Å². The van der Waals surface area contributed by atoms with Gasteiger partial charge >= 0.3 is 0 Å². The predicted molar refractivity (Wildman–Crippen MR) is 105 cm³/mol. The molecule has 1 amide bonds. The normalized spacial score (nSPS) is 14.6. The predicted octanol–water partition coefficient (Wildman–Crippen LogP) is 2.59. The van der Waals surface area contributed by atoms with Crippen molar-refractivity contribution in [1.29, 1.82) is 0 Å². The molecule has 0 atom stereocenters. The summed E-state index contributed by atoms with van der Waals surface area (Å²) in [4.78, 5) is 33.2. The van der Waals surface area contributed by atoms with Crippen LogP contribution in [-0.4, -0.2) is 52.3 Å². The average molecular weight is 362 g/mol. The van der Waals surface area contributed by atoms with E-state index in [-0.39, 0.29) is 18.2 Å². The number of Topliss-reactive ketones (excluding diaryl/α,β-unsaturated/α-hetero) is 1. The first-order chi connectivity index (χ1) is 13.1. The highest BCUT2D eigenvalue weighted by Crippen LogP contribution is 2.22. The Balaban J connectivity index is 1.46. The van der Waals surface area contributed by atoms with Crippen molar-refractivity contribution in [2.24, 2.45) is 0 Å². The first kappa shape index (κ1) is 17.3. The highest BCUT2D eigenvalue weighted by molar-refractivity contribution is 6.07. The fourth-order valence-corrected chi connectivity index (χ4v) is 3.63. The largest absolute Gasteiger partial charge is 0.353 e. The van der Waals surface area contributed by atoms with Gasteiger partial charge in [-0.05, 0) is 25.1 Å². The van der Waals surface area contributed by atoms with Crippen LogP contribution in [0.4, 0.5) is 5.82 Å². The fraction of sp³-hybridized carbons (Fsp3) is 0.286. The molecule has 2 aromatic heterocycles. The minimum Gasteiger partial charge on any atom is -0.353 e. The first-order valence-electron chi connectivity index (χ1n) is 9.16. The summed E-state index contributed by atoms with van der Waals surface area (Å²) in [6, 6.07) is 13.6. The van der Waals surface area contributed by atoms with E-state index in [0.29, 0.717) is 18.7 Å². The van der Waals surface area contributed by atoms with Crippen molar-refractivity contribution >= 4 is 28.4 Å². The Labute approximate surface area is 158 Å². The molecule has 27 heavy (non-hydrogen) atoms. The van der Waals surface area contributed by atoms with Crippen LogP contribution in [0.25, 0.3) is 10.9 Å². The Bertz CT molecular complexity index is 972. The number of piperazine rings is 1. The van der Waals surface area contributed by atoms with Crippen molar-refractivity contribution in [3.05, 3.63) is 60.4 Å². The zero-order valence-electron chi connectivity index (χ0n) is 15.3. The maximum atomic E-state index is 12.8. The number of hydrogen-bond donors (Lipinski definition) is 0. The van der Waals surface area contributed by atoms with Gasteiger partial charge in [0.25, 0.3) is 0 Å². The molecule has 0 aliphatic carbocycles. The smallest absolute Gasteiger partial charge is 0.242 e. The molecule has 1 saturated heterocycles. The van der Waals surface area contributed by atoms with Crippen LogP contribution < -0.4 is 4.90 Å². The molecular formula is C21H22N4O2. The van der Waals surface area contributed by atoms with Crippen LogP contribution in [-0.2, 0) is 11.3 Å². The van der Waals surface area contributed by atoms with Crippen LogP contribution in [0.1, 0.15) is 17.3 Å². The summed E-state index contributed by atoms with van der Waals surface area (Å²) in [5.41, 5.74) is 1.58. The molecule has 1 fully saturated rings. The van der Waals surface area contributed by atoms with Gasteiger partial charge in [0.15, 0.2) is 5.78 Å². The number of ketones is 1. The third-order valence-electron chi connectivity index (χ3n) is 5.08. The number of carbonyl (C=O) groups excluding carboxylic acids is 2. The van der Waals surface area contributed by atoms with Crippen molar-refractivity contribution in [3.8, 4) is 0 Å². The van der Waals surface area contributed by atoms with Crippen molar-refractivity contribution in [1.82, 2.24) is 14.5 Å². The van der Waals surface area contributed by atoms with Crippen molar-refractivity contribution < 1.29 is 9.59 Å². The van der Waals surface area contributed by atoms with Gasteiger partial charge in [-0.2, -0.15) is 0 Å². The minimum absolute atomic E-state index is 0.0152. The molecule has 1 aliphatic heterocycles. The van der Waals surface area contributed by atoms with Crippen LogP contribution in [0.5, 0.6) is 0 Å². The van der Waals surface area contributed by atoms with E-state index < -0.39 is 0 Å². The summed E-state index contributed by atoms with van der Waals surface area (Å²) >= 11 is 0. The number of rotatable bonds is 4. The Kier molecular flexibility index (Phi) is 4.62. The van der Waals surface area contributed by atoms with E-state index in [1.54, 1.807) is 19.3 Å². The minimum atomic E-state index is 0.0152. The number of benzene rings is 1. The molecule has 6 heteroatoms. The number of para-hydroxylation sites is 1. The number of aromatic nitrogens is 2. The molecule has 0 bridgehead atoms. The van der Waals surface area contributed by atoms with Crippen LogP contribution in [0, 0.1) is 0 Å². The molecule has 3 heterocycles. The van der Waals surface area contributed by atoms with Crippen LogP contribution in [0.2, 0.25) is 0 Å². The Morgan fingerprint density at radius 2 is 1.74 bits per heavy atom. The van der Waals surface area contributed by atoms with E-state index in [1.807, 2.05) is 51.9 Å². The van der Waals surface area contributed by atoms with Gasteiger partial charge in [0.1, 0.15) is 12.4 Å². The number of anilines is 1. The number of pyridine rings is 1. The highest BCUT2D eigenvalue weighted by atomic mass is 16.2. The summed E-state index contributed by atoms with van der Waals surface area (Å²) in [5.74, 6) is 1.04. The molecule has 4 rings (SSSR count). The van der Waals surface area contributed by atoms with Crippen LogP contribution in [0.3, 0.4) is 0 Å². The second-order valence-corrected chi connectivity index (χ2v) is 6.80. The van der Waals surface area contributed by atoms with E-state index >= 15 is 0 Å². The Morgan fingerprint density at radius 3 is 2.44 bits per heavy atom. The van der Waals surface area contributed by atoms with Gasteiger partial charge in [-0.3, -0.25) is 9.59 Å². The number of carbonyl (C=O) groups is 2. The number of fused-ring (bicyclic) bond motifs is 1. The van der Waals surface area contributed by atoms with Gasteiger partial charge in [-0.15, -0.1) is 0 Å². The van der Waals surface area contributed by atoms with Crippen LogP contribution in [0.15, 0.2) is 54.9 Å². The monoisotopic (exact) mass is 362 g/mol. The maximum absolute atomic E-state index is 12.8. The summed E-state index contributed by atoms with van der Waals surface area (Å²) in [7, 11) is 0. The molecule has 0 spiro atoms. The second kappa shape index (κ2) is 7.23. The molecule has 138 valence electrons. The third-order valence-corrected chi connectivity index (χ3v) is 5.08. The van der Waals surface area contributed by atoms with E-state index in [2.05, 4.69) is 9.88 Å². The summed E-state index contributed by atoms with van der Waals surface area (Å²) in [6.45, 7) is 4.70. The summed E-state index contributed by atoms with van der Waals surface area (Å²) < 4.78 is 1.89. The molecule has 0 saturated carbocycles. The van der Waals surface area contributed by atoms with E-state index in [9.17, 15) is 9.59 Å². The molecule has 1 aliphatic rings. The zero-order valence-corrected chi connectivity index (χ0v) is 15.3. The lowest BCUT2D eigenvalue weighted by molar-refractivity contribution is -0.132. The SMILES string of the molecule is CC(=O)c1cn(CC(=O)N2CCN(c3ccccn3)CC2)c2ccccc12. The Morgan fingerprint density at radius 1 is 1.00 bits per heavy atom. The van der Waals surface area contributed by atoms with Gasteiger partial charge in [0, 0.05) is 55.0 Å². The fourth-order valence-electron chi connectivity index (χ4n) is 3.63. The quantitative estimate of drug-likeness (QED) is 0.670.